The zero-order chi connectivity index (χ0) is 29.3. The number of hydrogen-bond donors (Lipinski definition) is 1. The molecule has 1 aliphatic heterocycles. The van der Waals surface area contributed by atoms with Gasteiger partial charge in [-0.05, 0) is 53.1 Å². The first-order chi connectivity index (χ1) is 20.5. The minimum absolute atomic E-state index is 0.170. The van der Waals surface area contributed by atoms with Crippen LogP contribution in [0.4, 0.5) is 0 Å². The fourth-order valence-corrected chi connectivity index (χ4v) is 4.81. The van der Waals surface area contributed by atoms with Crippen molar-refractivity contribution in [2.75, 3.05) is 20.5 Å². The first kappa shape index (κ1) is 28.8. The maximum Gasteiger partial charge on any atom is 0.261 e. The van der Waals surface area contributed by atoms with Crippen molar-refractivity contribution >= 4 is 23.4 Å². The predicted molar refractivity (Wildman–Crippen MR) is 159 cm³/mol. The Bertz CT molecular complexity index is 1510. The molecule has 42 heavy (non-hydrogen) atoms. The van der Waals surface area contributed by atoms with Crippen LogP contribution in [-0.2, 0) is 29.1 Å². The van der Waals surface area contributed by atoms with Crippen molar-refractivity contribution in [1.29, 1.82) is 0 Å². The van der Waals surface area contributed by atoms with E-state index in [1.54, 1.807) is 36.3 Å². The number of benzene rings is 4. The number of nitrogens with one attached hydrogen (secondary N) is 1. The normalized spacial score (nSPS) is 12.3. The van der Waals surface area contributed by atoms with Gasteiger partial charge in [0.05, 0.1) is 12.1 Å². The third-order valence-corrected chi connectivity index (χ3v) is 7.19. The molecule has 0 radical (unpaired) electrons. The Kier molecular flexibility index (Phi) is 9.46. The van der Waals surface area contributed by atoms with E-state index < -0.39 is 6.04 Å². The topological polar surface area (TPSA) is 86.3 Å². The molecule has 2 amide bonds. The lowest BCUT2D eigenvalue weighted by Gasteiger charge is -2.31. The van der Waals surface area contributed by atoms with Crippen molar-refractivity contribution in [3.05, 3.63) is 119 Å². The summed E-state index contributed by atoms with van der Waals surface area (Å²) < 4.78 is 22.0. The van der Waals surface area contributed by atoms with Crippen molar-refractivity contribution < 1.29 is 28.5 Å². The van der Waals surface area contributed by atoms with E-state index >= 15 is 0 Å². The molecule has 0 saturated heterocycles. The molecule has 216 valence electrons. The Morgan fingerprint density at radius 3 is 2.36 bits per heavy atom. The van der Waals surface area contributed by atoms with E-state index in [0.29, 0.717) is 34.4 Å². The first-order valence-electron chi connectivity index (χ1n) is 13.5. The third-order valence-electron chi connectivity index (χ3n) is 6.87. The highest BCUT2D eigenvalue weighted by Crippen LogP contribution is 2.32. The summed E-state index contributed by atoms with van der Waals surface area (Å²) in [6, 6.07) is 28.7. The number of ether oxygens (including phenoxy) is 4. The minimum Gasteiger partial charge on any atom is -0.497 e. The smallest absolute Gasteiger partial charge is 0.261 e. The van der Waals surface area contributed by atoms with Crippen LogP contribution in [0, 0.1) is 0 Å². The minimum atomic E-state index is -0.828. The Labute approximate surface area is 249 Å². The molecule has 1 unspecified atom stereocenters. The molecule has 4 aromatic carbocycles. The predicted octanol–water partition coefficient (Wildman–Crippen LogP) is 5.41. The van der Waals surface area contributed by atoms with Gasteiger partial charge < -0.3 is 29.2 Å². The van der Waals surface area contributed by atoms with E-state index in [9.17, 15) is 9.59 Å². The molecule has 4 aromatic rings. The number of hydrogen-bond acceptors (Lipinski definition) is 6. The van der Waals surface area contributed by atoms with E-state index in [-0.39, 0.29) is 38.3 Å². The van der Waals surface area contributed by atoms with Crippen LogP contribution in [-0.4, -0.2) is 43.3 Å². The molecule has 1 heterocycles. The fourth-order valence-electron chi connectivity index (χ4n) is 4.62. The molecular formula is C33H31ClN2O6. The largest absolute Gasteiger partial charge is 0.497 e. The summed E-state index contributed by atoms with van der Waals surface area (Å²) in [4.78, 5) is 29.2. The van der Waals surface area contributed by atoms with Gasteiger partial charge in [0.1, 0.15) is 17.5 Å². The molecule has 0 spiro atoms. The summed E-state index contributed by atoms with van der Waals surface area (Å²) in [5, 5.41) is 3.42. The number of methoxy groups -OCH3 is 1. The van der Waals surface area contributed by atoms with Crippen molar-refractivity contribution in [1.82, 2.24) is 10.2 Å². The molecule has 0 bridgehead atoms. The number of nitrogens with zero attached hydrogens (tertiary/aromatic N) is 1. The average molecular weight is 587 g/mol. The number of amides is 2. The maximum atomic E-state index is 13.9. The van der Waals surface area contributed by atoms with Crippen LogP contribution >= 0.6 is 11.6 Å². The van der Waals surface area contributed by atoms with Gasteiger partial charge in [0.25, 0.3) is 5.91 Å². The lowest BCUT2D eigenvalue weighted by atomic mass is 10.0. The van der Waals surface area contributed by atoms with Crippen LogP contribution in [0.1, 0.15) is 16.7 Å². The molecule has 1 aliphatic rings. The lowest BCUT2D eigenvalue weighted by molar-refractivity contribution is -0.142. The average Bonchev–Trinajstić information content (AvgIpc) is 3.50. The Morgan fingerprint density at radius 2 is 1.60 bits per heavy atom. The van der Waals surface area contributed by atoms with E-state index in [4.69, 9.17) is 30.5 Å². The standard InChI is InChI=1S/C33H31ClN2O6/c1-39-26-14-11-24(12-15-26)20-36(32(37)21-40-29-10-6-5-9-27(29)34)28(17-23-7-3-2-4-8-23)33(38)35-19-25-13-16-30-31(18-25)42-22-41-30/h2-16,18,28H,17,19-22H2,1H3,(H,35,38). The second-order valence-corrected chi connectivity index (χ2v) is 10.1. The van der Waals surface area contributed by atoms with E-state index in [2.05, 4.69) is 5.32 Å². The summed E-state index contributed by atoms with van der Waals surface area (Å²) in [7, 11) is 1.59. The molecule has 1 N–H and O–H groups in total. The Hall–Kier alpha value is -4.69. The van der Waals surface area contributed by atoms with Gasteiger partial charge in [0.15, 0.2) is 18.1 Å². The maximum absolute atomic E-state index is 13.9. The fraction of sp³-hybridized carbons (Fsp3) is 0.212. The van der Waals surface area contributed by atoms with Crippen LogP contribution in [0.3, 0.4) is 0 Å². The molecule has 8 nitrogen and oxygen atoms in total. The molecule has 1 atom stereocenters. The summed E-state index contributed by atoms with van der Waals surface area (Å²) in [6.07, 6.45) is 0.307. The highest BCUT2D eigenvalue weighted by Gasteiger charge is 2.31. The SMILES string of the molecule is COc1ccc(CN(C(=O)COc2ccccc2Cl)C(Cc2ccccc2)C(=O)NCc2ccc3c(c2)OCO3)cc1. The summed E-state index contributed by atoms with van der Waals surface area (Å²) in [5.74, 6) is 1.74. The molecule has 0 fully saturated rings. The van der Waals surface area contributed by atoms with Crippen LogP contribution < -0.4 is 24.3 Å². The lowest BCUT2D eigenvalue weighted by Crippen LogP contribution is -2.51. The van der Waals surface area contributed by atoms with Crippen molar-refractivity contribution in [3.63, 3.8) is 0 Å². The van der Waals surface area contributed by atoms with Crippen molar-refractivity contribution in [2.45, 2.75) is 25.6 Å². The summed E-state index contributed by atoms with van der Waals surface area (Å²) in [6.45, 7) is 0.314. The van der Waals surface area contributed by atoms with Crippen molar-refractivity contribution in [2.24, 2.45) is 0 Å². The second kappa shape index (κ2) is 13.8. The Morgan fingerprint density at radius 1 is 0.881 bits per heavy atom. The molecule has 9 heteroatoms. The highest BCUT2D eigenvalue weighted by atomic mass is 35.5. The highest BCUT2D eigenvalue weighted by molar-refractivity contribution is 6.32. The number of halogens is 1. The van der Waals surface area contributed by atoms with Crippen LogP contribution in [0.25, 0.3) is 0 Å². The van der Waals surface area contributed by atoms with Crippen LogP contribution in [0.15, 0.2) is 97.1 Å². The second-order valence-electron chi connectivity index (χ2n) is 9.70. The summed E-state index contributed by atoms with van der Waals surface area (Å²) >= 11 is 6.26. The molecule has 5 rings (SSSR count). The molecular weight excluding hydrogens is 556 g/mol. The van der Waals surface area contributed by atoms with Gasteiger partial charge >= 0.3 is 0 Å². The van der Waals surface area contributed by atoms with Crippen LogP contribution in [0.2, 0.25) is 5.02 Å². The number of carbonyl (C=O) groups excluding carboxylic acids is 2. The van der Waals surface area contributed by atoms with Gasteiger partial charge in [-0.2, -0.15) is 0 Å². The number of para-hydroxylation sites is 1. The zero-order valence-corrected chi connectivity index (χ0v) is 23.9. The van der Waals surface area contributed by atoms with Crippen molar-refractivity contribution in [3.8, 4) is 23.0 Å². The monoisotopic (exact) mass is 586 g/mol. The van der Waals surface area contributed by atoms with E-state index in [1.807, 2.05) is 72.8 Å². The number of rotatable bonds is 12. The van der Waals surface area contributed by atoms with Gasteiger partial charge in [-0.3, -0.25) is 9.59 Å². The third kappa shape index (κ3) is 7.33. The van der Waals surface area contributed by atoms with Gasteiger partial charge in [-0.25, -0.2) is 0 Å². The van der Waals surface area contributed by atoms with Gasteiger partial charge in [0.2, 0.25) is 12.7 Å². The molecule has 0 aromatic heterocycles. The van der Waals surface area contributed by atoms with Gasteiger partial charge in [0, 0.05) is 19.5 Å². The number of carbonyl (C=O) groups is 2. The first-order valence-corrected chi connectivity index (χ1v) is 13.9. The van der Waals surface area contributed by atoms with Crippen LogP contribution in [0.5, 0.6) is 23.0 Å². The molecule has 0 aliphatic carbocycles. The Balaban J connectivity index is 1.40. The zero-order valence-electron chi connectivity index (χ0n) is 23.1. The van der Waals surface area contributed by atoms with Gasteiger partial charge in [-0.1, -0.05) is 72.3 Å². The van der Waals surface area contributed by atoms with E-state index in [0.717, 1.165) is 16.7 Å². The van der Waals surface area contributed by atoms with E-state index in [1.165, 1.54) is 0 Å². The molecule has 0 saturated carbocycles. The number of fused-ring (bicyclic) bond motifs is 1. The van der Waals surface area contributed by atoms with Gasteiger partial charge in [-0.15, -0.1) is 0 Å². The quantitative estimate of drug-likeness (QED) is 0.239. The summed E-state index contributed by atoms with van der Waals surface area (Å²) in [5.41, 5.74) is 2.60.